The molecule has 236 valence electrons. The van der Waals surface area contributed by atoms with Crippen LogP contribution in [0.25, 0.3) is 33.4 Å². The first kappa shape index (κ1) is 36.8. The molecule has 0 nitrogen and oxygen atoms in total. The summed E-state index contributed by atoms with van der Waals surface area (Å²) in [6.45, 7) is 4.23. The van der Waals surface area contributed by atoms with Crippen LogP contribution in [0.3, 0.4) is 0 Å². The summed E-state index contributed by atoms with van der Waals surface area (Å²) in [5.41, 5.74) is 15.6. The second kappa shape index (κ2) is 17.9. The molecule has 2 aliphatic rings. The van der Waals surface area contributed by atoms with Gasteiger partial charge in [-0.3, -0.25) is 6.08 Å². The van der Waals surface area contributed by atoms with Gasteiger partial charge in [0.05, 0.1) is 0 Å². The van der Waals surface area contributed by atoms with E-state index in [1.54, 1.807) is 0 Å². The average molecular weight is 696 g/mol. The topological polar surface area (TPSA) is 0 Å². The maximum absolute atomic E-state index is 3.65. The predicted molar refractivity (Wildman–Crippen MR) is 192 cm³/mol. The van der Waals surface area contributed by atoms with E-state index in [0.717, 1.165) is 12.8 Å². The van der Waals surface area contributed by atoms with Gasteiger partial charge >= 0.3 is 108 Å². The monoisotopic (exact) mass is 694 g/mol. The van der Waals surface area contributed by atoms with Crippen molar-refractivity contribution in [3.8, 4) is 33.4 Å². The summed E-state index contributed by atoms with van der Waals surface area (Å²) in [6.07, 6.45) is 11.0. The smallest absolute Gasteiger partial charge is 0.0181 e. The largest absolute Gasteiger partial charge is 1.00 e. The van der Waals surface area contributed by atoms with E-state index in [0.29, 0.717) is 0 Å². The fourth-order valence-corrected chi connectivity index (χ4v) is 6.19. The molecule has 6 aromatic carbocycles. The Labute approximate surface area is 310 Å². The molecular formula is C45H36Cl2Ti-2. The van der Waals surface area contributed by atoms with Crippen molar-refractivity contribution in [2.45, 2.75) is 26.7 Å². The van der Waals surface area contributed by atoms with Crippen molar-refractivity contribution < 1.29 is 44.8 Å². The first-order valence-corrected chi connectivity index (χ1v) is 16.6. The summed E-state index contributed by atoms with van der Waals surface area (Å²) in [5.74, 6) is 0. The van der Waals surface area contributed by atoms with Gasteiger partial charge in [0.2, 0.25) is 0 Å². The Morgan fingerprint density at radius 1 is 0.583 bits per heavy atom. The summed E-state index contributed by atoms with van der Waals surface area (Å²) in [4.78, 5) is 0. The maximum atomic E-state index is 3.65. The first-order chi connectivity index (χ1) is 22.5. The van der Waals surface area contributed by atoms with E-state index in [1.165, 1.54) is 70.6 Å². The van der Waals surface area contributed by atoms with Crippen LogP contribution in [-0.2, 0) is 26.4 Å². The van der Waals surface area contributed by atoms with Crippen LogP contribution < -0.4 is 24.8 Å². The zero-order valence-corrected chi connectivity index (χ0v) is 30.3. The van der Waals surface area contributed by atoms with Crippen molar-refractivity contribution in [3.05, 3.63) is 203 Å². The average Bonchev–Trinajstić information content (AvgIpc) is 3.81. The number of aryl methyl sites for hydroxylation is 2. The zero-order valence-electron chi connectivity index (χ0n) is 27.2. The van der Waals surface area contributed by atoms with Gasteiger partial charge in [0.1, 0.15) is 0 Å². The quantitative estimate of drug-likeness (QED) is 0.177. The van der Waals surface area contributed by atoms with Crippen molar-refractivity contribution >= 4 is 3.81 Å². The van der Waals surface area contributed by atoms with Crippen molar-refractivity contribution in [1.82, 2.24) is 0 Å². The van der Waals surface area contributed by atoms with Crippen LogP contribution in [0.4, 0.5) is 0 Å². The SMILES string of the molecule is Cc1ccc([C](=[Ti+2])c2ccc(C)cc2)cc1.[C-]1=CC=CC1.[Cl-].[Cl-].[c-]1c(-c2ccccc2)ccc2c1Cc1cc(-c3ccccc3)ccc1-2. The van der Waals surface area contributed by atoms with Crippen LogP contribution in [0.5, 0.6) is 0 Å². The van der Waals surface area contributed by atoms with Gasteiger partial charge in [-0.05, 0) is 23.1 Å². The Balaban J connectivity index is 0.000000195. The van der Waals surface area contributed by atoms with Crippen LogP contribution in [0, 0.1) is 26.0 Å². The van der Waals surface area contributed by atoms with Gasteiger partial charge in [0.25, 0.3) is 0 Å². The van der Waals surface area contributed by atoms with Crippen LogP contribution in [0.1, 0.15) is 39.8 Å². The Morgan fingerprint density at radius 3 is 1.67 bits per heavy atom. The summed E-state index contributed by atoms with van der Waals surface area (Å²) < 4.78 is 1.33. The Kier molecular flexibility index (Phi) is 13.7. The molecule has 0 bridgehead atoms. The van der Waals surface area contributed by atoms with Gasteiger partial charge in [-0.25, -0.2) is 12.2 Å². The van der Waals surface area contributed by atoms with E-state index in [1.807, 2.05) is 12.2 Å². The van der Waals surface area contributed by atoms with E-state index in [2.05, 4.69) is 192 Å². The number of fused-ring (bicyclic) bond motifs is 3. The molecule has 0 radical (unpaired) electrons. The van der Waals surface area contributed by atoms with Crippen molar-refractivity contribution in [2.75, 3.05) is 0 Å². The van der Waals surface area contributed by atoms with E-state index in [9.17, 15) is 0 Å². The van der Waals surface area contributed by atoms with E-state index >= 15 is 0 Å². The molecule has 0 saturated heterocycles. The van der Waals surface area contributed by atoms with Gasteiger partial charge in [-0.1, -0.05) is 95.6 Å². The van der Waals surface area contributed by atoms with E-state index in [4.69, 9.17) is 0 Å². The molecule has 0 atom stereocenters. The molecule has 2 aliphatic carbocycles. The fourth-order valence-electron chi connectivity index (χ4n) is 5.67. The Morgan fingerprint density at radius 2 is 1.15 bits per heavy atom. The summed E-state index contributed by atoms with van der Waals surface area (Å²) in [7, 11) is 0. The molecule has 3 heteroatoms. The summed E-state index contributed by atoms with van der Waals surface area (Å²) >= 11 is 2.18. The standard InChI is InChI=1S/C25H17.C15H14.C5H5.2ClH.Ti/c1-3-7-18(8-4-1)20-11-13-24-22(15-20)17-23-16-21(12-14-25(23)24)19-9-5-2-6-10-19;1-12-3-7-14(8-4-12)11-15-9-5-13(2)6-10-15;1-2-4-5-3-1;;;/h1-15H,17H2;3-10H,1-2H3;1-3H,4H2;2*1H;/q-1;;-1;;;+2/p-2. The molecule has 0 amide bonds. The Bertz CT molecular complexity index is 1850. The minimum Gasteiger partial charge on any atom is -1.00 e. The molecule has 0 unspecified atom stereocenters. The van der Waals surface area contributed by atoms with Gasteiger partial charge in [0, 0.05) is 0 Å². The van der Waals surface area contributed by atoms with Crippen LogP contribution in [0.15, 0.2) is 158 Å². The van der Waals surface area contributed by atoms with Crippen molar-refractivity contribution in [3.63, 3.8) is 0 Å². The van der Waals surface area contributed by atoms with E-state index < -0.39 is 0 Å². The number of rotatable bonds is 4. The van der Waals surface area contributed by atoms with Gasteiger partial charge in [-0.15, -0.1) is 35.7 Å². The van der Waals surface area contributed by atoms with Gasteiger partial charge < -0.3 is 24.8 Å². The molecular weight excluding hydrogens is 659 g/mol. The molecule has 0 fully saturated rings. The van der Waals surface area contributed by atoms with E-state index in [-0.39, 0.29) is 24.8 Å². The van der Waals surface area contributed by atoms with Gasteiger partial charge in [0.15, 0.2) is 0 Å². The number of hydrogen-bond acceptors (Lipinski definition) is 0. The summed E-state index contributed by atoms with van der Waals surface area (Å²) in [6, 6.07) is 53.4. The number of hydrogen-bond donors (Lipinski definition) is 0. The molecule has 0 spiro atoms. The van der Waals surface area contributed by atoms with Crippen LogP contribution in [-0.4, -0.2) is 3.81 Å². The number of halogens is 2. The predicted octanol–water partition coefficient (Wildman–Crippen LogP) is 5.12. The molecule has 0 saturated carbocycles. The third kappa shape index (κ3) is 9.31. The molecule has 48 heavy (non-hydrogen) atoms. The van der Waals surface area contributed by atoms with Crippen LogP contribution in [0.2, 0.25) is 0 Å². The molecule has 6 aromatic rings. The first-order valence-electron chi connectivity index (χ1n) is 15.8. The van der Waals surface area contributed by atoms with Crippen molar-refractivity contribution in [2.24, 2.45) is 0 Å². The summed E-state index contributed by atoms with van der Waals surface area (Å²) in [5, 5.41) is 0. The van der Waals surface area contributed by atoms with Gasteiger partial charge in [-0.2, -0.15) is 6.08 Å². The molecule has 0 heterocycles. The molecule has 0 aromatic heterocycles. The Hall–Kier alpha value is -4.04. The normalized spacial score (nSPS) is 11.4. The second-order valence-corrected chi connectivity index (χ2v) is 12.4. The third-order valence-corrected chi connectivity index (χ3v) is 9.15. The molecule has 8 rings (SSSR count). The molecule has 0 N–H and O–H groups in total. The third-order valence-electron chi connectivity index (χ3n) is 8.25. The number of benzene rings is 6. The zero-order chi connectivity index (χ0) is 31.7. The number of allylic oxidation sites excluding steroid dienone is 4. The second-order valence-electron chi connectivity index (χ2n) is 11.7. The van der Waals surface area contributed by atoms with Crippen LogP contribution >= 0.6 is 0 Å². The maximum Gasteiger partial charge on any atom is -0.0181 e. The van der Waals surface area contributed by atoms with Crippen molar-refractivity contribution in [1.29, 1.82) is 0 Å². The fraction of sp³-hybridized carbons (Fsp3) is 0.0889. The minimum absolute atomic E-state index is 0. The molecule has 0 aliphatic heterocycles. The minimum atomic E-state index is 0.